The van der Waals surface area contributed by atoms with Gasteiger partial charge in [-0.2, -0.15) is 0 Å². The molecule has 6 nitrogen and oxygen atoms in total. The fourth-order valence-electron chi connectivity index (χ4n) is 4.22. The smallest absolute Gasteiger partial charge is 0.294 e. The number of carbonyl (C=O) groups excluding carboxylic acids is 3. The molecule has 0 bridgehead atoms. The molecule has 0 saturated carbocycles. The second-order valence-corrected chi connectivity index (χ2v) is 10.5. The summed E-state index contributed by atoms with van der Waals surface area (Å²) in [5, 5.41) is -0.446. The lowest BCUT2D eigenvalue weighted by molar-refractivity contribution is -0.136. The third-order valence-corrected chi connectivity index (χ3v) is 7.55. The summed E-state index contributed by atoms with van der Waals surface area (Å²) in [5.41, 5.74) is 4.02. The first-order chi connectivity index (χ1) is 17.5. The molecule has 3 aromatic carbocycles. The van der Waals surface area contributed by atoms with Crippen LogP contribution in [0.2, 0.25) is 0 Å². The van der Waals surface area contributed by atoms with Gasteiger partial charge >= 0.3 is 0 Å². The van der Waals surface area contributed by atoms with Crippen molar-refractivity contribution in [3.05, 3.63) is 104 Å². The molecular weight excluding hydrogens is 540 g/mol. The number of benzene rings is 3. The molecule has 0 aliphatic carbocycles. The molecule has 0 spiro atoms. The largest absolute Gasteiger partial charge is 0.488 e. The van der Waals surface area contributed by atoms with Crippen LogP contribution in [-0.2, 0) is 29.2 Å². The van der Waals surface area contributed by atoms with Gasteiger partial charge in [0.15, 0.2) is 0 Å². The minimum absolute atomic E-state index is 0.234. The number of hydrogen-bond acceptors (Lipinski definition) is 5. The number of halogens is 1. The van der Waals surface area contributed by atoms with E-state index in [1.807, 2.05) is 66.7 Å². The number of fused-ring (bicyclic) bond motifs is 1. The van der Waals surface area contributed by atoms with Gasteiger partial charge in [-0.1, -0.05) is 70.5 Å². The Morgan fingerprint density at radius 2 is 1.75 bits per heavy atom. The Balaban J connectivity index is 1.29. The Labute approximate surface area is 222 Å². The summed E-state index contributed by atoms with van der Waals surface area (Å²) >= 11 is 4.30. The molecule has 2 aliphatic rings. The lowest BCUT2D eigenvalue weighted by atomic mass is 10.00. The van der Waals surface area contributed by atoms with Crippen molar-refractivity contribution in [2.75, 3.05) is 13.1 Å². The quantitative estimate of drug-likeness (QED) is 0.363. The van der Waals surface area contributed by atoms with E-state index in [9.17, 15) is 14.4 Å². The van der Waals surface area contributed by atoms with Crippen molar-refractivity contribution in [2.24, 2.45) is 0 Å². The second-order valence-electron chi connectivity index (χ2n) is 8.56. The molecule has 0 aromatic heterocycles. The standard InChI is InChI=1S/C28H23BrN2O4S/c29-23-10-11-24(35-18-19-6-2-1-3-7-19)22(14-23)15-25-27(33)31(28(34)36-25)17-26(32)30-13-12-20-8-4-5-9-21(20)16-30/h1-11,14-15H,12-13,16-18H2/b25-15-. The minimum atomic E-state index is -0.468. The molecule has 2 heterocycles. The molecule has 0 N–H and O–H groups in total. The van der Waals surface area contributed by atoms with E-state index in [4.69, 9.17) is 4.74 Å². The maximum Gasteiger partial charge on any atom is 0.294 e. The number of thioether (sulfide) groups is 1. The van der Waals surface area contributed by atoms with E-state index in [1.165, 1.54) is 5.56 Å². The Kier molecular flexibility index (Phi) is 7.25. The lowest BCUT2D eigenvalue weighted by Gasteiger charge is -2.29. The van der Waals surface area contributed by atoms with E-state index in [-0.39, 0.29) is 17.4 Å². The van der Waals surface area contributed by atoms with Gasteiger partial charge in [-0.05, 0) is 59.1 Å². The first-order valence-corrected chi connectivity index (χ1v) is 13.1. The monoisotopic (exact) mass is 562 g/mol. The van der Waals surface area contributed by atoms with Crippen LogP contribution in [0.15, 0.2) is 82.2 Å². The van der Waals surface area contributed by atoms with Gasteiger partial charge in [0.2, 0.25) is 5.91 Å². The van der Waals surface area contributed by atoms with Gasteiger partial charge in [0.25, 0.3) is 11.1 Å². The van der Waals surface area contributed by atoms with E-state index in [2.05, 4.69) is 22.0 Å². The average Bonchev–Trinajstić information content (AvgIpc) is 3.15. The number of amides is 3. The van der Waals surface area contributed by atoms with Crippen LogP contribution in [0, 0.1) is 0 Å². The Hall–Kier alpha value is -3.36. The van der Waals surface area contributed by atoms with Crippen molar-refractivity contribution < 1.29 is 19.1 Å². The Bertz CT molecular complexity index is 1360. The molecular formula is C28H23BrN2O4S. The van der Waals surface area contributed by atoms with Gasteiger partial charge in [-0.3, -0.25) is 19.3 Å². The number of imide groups is 1. The van der Waals surface area contributed by atoms with Gasteiger partial charge in [0.05, 0.1) is 4.91 Å². The molecule has 5 rings (SSSR count). The van der Waals surface area contributed by atoms with Gasteiger partial charge in [0.1, 0.15) is 18.9 Å². The van der Waals surface area contributed by atoms with Crippen molar-refractivity contribution in [1.82, 2.24) is 9.80 Å². The van der Waals surface area contributed by atoms with Gasteiger partial charge in [0, 0.05) is 23.1 Å². The third kappa shape index (κ3) is 5.39. The van der Waals surface area contributed by atoms with Gasteiger partial charge in [-0.15, -0.1) is 0 Å². The number of hydrogen-bond donors (Lipinski definition) is 0. The van der Waals surface area contributed by atoms with E-state index < -0.39 is 11.1 Å². The molecule has 3 aromatic rings. The normalized spacial score (nSPS) is 16.4. The number of ether oxygens (including phenoxy) is 1. The first-order valence-electron chi connectivity index (χ1n) is 11.5. The van der Waals surface area contributed by atoms with Crippen LogP contribution >= 0.6 is 27.7 Å². The van der Waals surface area contributed by atoms with Crippen molar-refractivity contribution in [3.63, 3.8) is 0 Å². The molecule has 36 heavy (non-hydrogen) atoms. The molecule has 3 amide bonds. The summed E-state index contributed by atoms with van der Waals surface area (Å²) in [5.74, 6) is -0.107. The molecule has 1 saturated heterocycles. The second kappa shape index (κ2) is 10.7. The first kappa shape index (κ1) is 24.3. The highest BCUT2D eigenvalue weighted by atomic mass is 79.9. The van der Waals surface area contributed by atoms with Crippen LogP contribution < -0.4 is 4.74 Å². The predicted molar refractivity (Wildman–Crippen MR) is 143 cm³/mol. The van der Waals surface area contributed by atoms with Gasteiger partial charge < -0.3 is 9.64 Å². The van der Waals surface area contributed by atoms with Crippen molar-refractivity contribution in [3.8, 4) is 5.75 Å². The molecule has 0 radical (unpaired) electrons. The molecule has 2 aliphatic heterocycles. The van der Waals surface area contributed by atoms with E-state index in [0.29, 0.717) is 31.0 Å². The number of carbonyl (C=O) groups is 3. The van der Waals surface area contributed by atoms with Crippen molar-refractivity contribution in [2.45, 2.75) is 19.6 Å². The lowest BCUT2D eigenvalue weighted by Crippen LogP contribution is -2.44. The maximum absolute atomic E-state index is 13.1. The third-order valence-electron chi connectivity index (χ3n) is 6.15. The Morgan fingerprint density at radius 3 is 2.56 bits per heavy atom. The van der Waals surface area contributed by atoms with Crippen molar-refractivity contribution >= 4 is 50.8 Å². The fraction of sp³-hybridized carbons (Fsp3) is 0.179. The van der Waals surface area contributed by atoms with Gasteiger partial charge in [-0.25, -0.2) is 0 Å². The van der Waals surface area contributed by atoms with Crippen LogP contribution in [0.5, 0.6) is 5.75 Å². The number of rotatable bonds is 6. The zero-order chi connectivity index (χ0) is 25.1. The van der Waals surface area contributed by atoms with E-state index >= 15 is 0 Å². The minimum Gasteiger partial charge on any atom is -0.488 e. The maximum atomic E-state index is 13.1. The highest BCUT2D eigenvalue weighted by Crippen LogP contribution is 2.35. The van der Waals surface area contributed by atoms with Crippen LogP contribution in [0.3, 0.4) is 0 Å². The molecule has 1 fully saturated rings. The zero-order valence-corrected chi connectivity index (χ0v) is 21.8. The summed E-state index contributed by atoms with van der Waals surface area (Å²) in [6, 6.07) is 23.3. The van der Waals surface area contributed by atoms with Crippen LogP contribution in [0.4, 0.5) is 4.79 Å². The summed E-state index contributed by atoms with van der Waals surface area (Å²) in [4.78, 5) is 41.7. The number of nitrogens with zero attached hydrogens (tertiary/aromatic N) is 2. The summed E-state index contributed by atoms with van der Waals surface area (Å²) in [7, 11) is 0. The van der Waals surface area contributed by atoms with Crippen LogP contribution in [0.1, 0.15) is 22.3 Å². The summed E-state index contributed by atoms with van der Waals surface area (Å²) in [6.07, 6.45) is 2.41. The highest BCUT2D eigenvalue weighted by molar-refractivity contribution is 9.10. The fourth-order valence-corrected chi connectivity index (χ4v) is 5.43. The van der Waals surface area contributed by atoms with Crippen LogP contribution in [0.25, 0.3) is 6.08 Å². The predicted octanol–water partition coefficient (Wildman–Crippen LogP) is 5.65. The summed E-state index contributed by atoms with van der Waals surface area (Å²) < 4.78 is 6.82. The Morgan fingerprint density at radius 1 is 1.00 bits per heavy atom. The molecule has 0 atom stereocenters. The molecule has 0 unspecified atom stereocenters. The topological polar surface area (TPSA) is 66.9 Å². The van der Waals surface area contributed by atoms with Crippen molar-refractivity contribution in [1.29, 1.82) is 0 Å². The zero-order valence-electron chi connectivity index (χ0n) is 19.4. The summed E-state index contributed by atoms with van der Waals surface area (Å²) in [6.45, 7) is 1.17. The molecule has 182 valence electrons. The van der Waals surface area contributed by atoms with Crippen LogP contribution in [-0.4, -0.2) is 39.9 Å². The average molecular weight is 563 g/mol. The molecule has 8 heteroatoms. The highest BCUT2D eigenvalue weighted by Gasteiger charge is 2.37. The van der Waals surface area contributed by atoms with E-state index in [0.717, 1.165) is 38.7 Å². The van der Waals surface area contributed by atoms with E-state index in [1.54, 1.807) is 11.0 Å². The SMILES string of the molecule is O=C(CN1C(=O)S/C(=C\c2cc(Br)ccc2OCc2ccccc2)C1=O)N1CCc2ccccc2C1.